The van der Waals surface area contributed by atoms with Crippen molar-refractivity contribution in [2.75, 3.05) is 23.8 Å². The monoisotopic (exact) mass is 344 g/mol. The Balaban J connectivity index is 2.29. The number of hydrogen-bond acceptors (Lipinski definition) is 5. The Bertz CT molecular complexity index is 706. The molecule has 0 atom stereocenters. The molecule has 1 aromatic heterocycles. The van der Waals surface area contributed by atoms with Crippen LogP contribution in [0.5, 0.6) is 0 Å². The van der Waals surface area contributed by atoms with Crippen LogP contribution < -0.4 is 10.6 Å². The second-order valence-electron chi connectivity index (χ2n) is 5.05. The summed E-state index contributed by atoms with van der Waals surface area (Å²) in [6, 6.07) is 4.95. The minimum absolute atomic E-state index is 0.111. The maximum Gasteiger partial charge on any atom is 0.433 e. The molecule has 2 rings (SSSR count). The van der Waals surface area contributed by atoms with Gasteiger partial charge in [0.2, 0.25) is 5.95 Å². The summed E-state index contributed by atoms with van der Waals surface area (Å²) in [5, 5.41) is 14.0. The van der Waals surface area contributed by atoms with E-state index in [0.29, 0.717) is 12.0 Å². The number of benzene rings is 1. The Morgan fingerprint density at radius 1 is 1.17 bits per heavy atom. The van der Waals surface area contributed by atoms with Crippen molar-refractivity contribution in [2.45, 2.75) is 19.5 Å². The molecule has 0 fully saturated rings. The van der Waals surface area contributed by atoms with Gasteiger partial charge in [0, 0.05) is 24.9 Å². The predicted octanol–water partition coefficient (Wildman–Crippen LogP) is 3.48. The van der Waals surface area contributed by atoms with E-state index in [4.69, 9.17) is 5.11 Å². The first kappa shape index (κ1) is 17.9. The number of halogens is 4. The molecule has 1 aromatic carbocycles. The average molecular weight is 344 g/mol. The third kappa shape index (κ3) is 4.79. The second-order valence-corrected chi connectivity index (χ2v) is 5.05. The summed E-state index contributed by atoms with van der Waals surface area (Å²) in [5.74, 6) is -0.827. The van der Waals surface area contributed by atoms with Crippen LogP contribution in [-0.2, 0) is 6.18 Å². The molecule has 0 amide bonds. The number of alkyl halides is 3. The minimum atomic E-state index is -4.65. The van der Waals surface area contributed by atoms with Gasteiger partial charge in [-0.25, -0.2) is 9.37 Å². The number of aliphatic hydroxyl groups excluding tert-OH is 1. The standard InChI is InChI=1S/C15H16F4N4O/c1-9-3-4-10(7-11(9)16)21-13-8-12(15(17,18)19)22-14(23-13)20-5-2-6-24/h3-4,7-8,24H,2,5-6H2,1H3,(H2,20,21,22,23). The first-order chi connectivity index (χ1) is 11.3. The Kier molecular flexibility index (Phi) is 5.55. The van der Waals surface area contributed by atoms with Crippen LogP contribution in [0.25, 0.3) is 0 Å². The summed E-state index contributed by atoms with van der Waals surface area (Å²) in [6.45, 7) is 1.69. The Hall–Kier alpha value is -2.42. The van der Waals surface area contributed by atoms with Crippen LogP contribution in [-0.4, -0.2) is 28.2 Å². The van der Waals surface area contributed by atoms with Crippen LogP contribution in [0.4, 0.5) is 35.0 Å². The van der Waals surface area contributed by atoms with Gasteiger partial charge in [0.15, 0.2) is 5.69 Å². The summed E-state index contributed by atoms with van der Waals surface area (Å²) >= 11 is 0. The number of aromatic nitrogens is 2. The molecular formula is C15H16F4N4O. The van der Waals surface area contributed by atoms with Gasteiger partial charge in [0.05, 0.1) is 0 Å². The Morgan fingerprint density at radius 2 is 1.92 bits per heavy atom. The molecule has 0 aliphatic carbocycles. The number of aryl methyl sites for hydroxylation is 1. The van der Waals surface area contributed by atoms with Gasteiger partial charge in [-0.1, -0.05) is 6.07 Å². The molecule has 2 aromatic rings. The maximum absolute atomic E-state index is 13.5. The molecule has 0 radical (unpaired) electrons. The van der Waals surface area contributed by atoms with Crippen molar-refractivity contribution in [3.8, 4) is 0 Å². The zero-order valence-corrected chi connectivity index (χ0v) is 12.8. The molecule has 9 heteroatoms. The van der Waals surface area contributed by atoms with E-state index in [1.54, 1.807) is 6.92 Å². The van der Waals surface area contributed by atoms with Gasteiger partial charge in [-0.3, -0.25) is 0 Å². The van der Waals surface area contributed by atoms with Gasteiger partial charge in [-0.2, -0.15) is 18.2 Å². The van der Waals surface area contributed by atoms with Crippen LogP contribution in [0.1, 0.15) is 17.7 Å². The molecule has 0 aliphatic rings. The molecule has 0 aliphatic heterocycles. The molecule has 24 heavy (non-hydrogen) atoms. The van der Waals surface area contributed by atoms with Gasteiger partial charge in [0.25, 0.3) is 0 Å². The number of nitrogens with zero attached hydrogens (tertiary/aromatic N) is 2. The lowest BCUT2D eigenvalue weighted by Crippen LogP contribution is -2.14. The van der Waals surface area contributed by atoms with Crippen LogP contribution in [0.2, 0.25) is 0 Å². The van der Waals surface area contributed by atoms with Gasteiger partial charge in [-0.15, -0.1) is 0 Å². The minimum Gasteiger partial charge on any atom is -0.396 e. The number of rotatable bonds is 6. The molecular weight excluding hydrogens is 328 g/mol. The van der Waals surface area contributed by atoms with Gasteiger partial charge >= 0.3 is 6.18 Å². The molecule has 0 spiro atoms. The predicted molar refractivity (Wildman–Crippen MR) is 81.6 cm³/mol. The quantitative estimate of drug-likeness (QED) is 0.553. The second kappa shape index (κ2) is 7.43. The smallest absolute Gasteiger partial charge is 0.396 e. The van der Waals surface area contributed by atoms with Gasteiger partial charge in [0.1, 0.15) is 11.6 Å². The third-order valence-corrected chi connectivity index (χ3v) is 3.08. The normalized spacial score (nSPS) is 11.4. The summed E-state index contributed by atoms with van der Waals surface area (Å²) in [5.41, 5.74) is -0.434. The molecule has 0 unspecified atom stereocenters. The molecule has 5 nitrogen and oxygen atoms in total. The van der Waals surface area contributed by atoms with E-state index in [2.05, 4.69) is 20.6 Å². The van der Waals surface area contributed by atoms with Gasteiger partial charge in [-0.05, 0) is 31.0 Å². The summed E-state index contributed by atoms with van der Waals surface area (Å²) in [6.07, 6.45) is -4.31. The van der Waals surface area contributed by atoms with Crippen LogP contribution >= 0.6 is 0 Å². The zero-order chi connectivity index (χ0) is 17.7. The highest BCUT2D eigenvalue weighted by atomic mass is 19.4. The van der Waals surface area contributed by atoms with Crippen molar-refractivity contribution in [3.05, 3.63) is 41.3 Å². The SMILES string of the molecule is Cc1ccc(Nc2cc(C(F)(F)F)nc(NCCCO)n2)cc1F. The van der Waals surface area contributed by atoms with Crippen molar-refractivity contribution in [1.82, 2.24) is 9.97 Å². The summed E-state index contributed by atoms with van der Waals surface area (Å²) in [4.78, 5) is 7.34. The molecule has 130 valence electrons. The van der Waals surface area contributed by atoms with Crippen LogP contribution in [0, 0.1) is 12.7 Å². The molecule has 1 heterocycles. The summed E-state index contributed by atoms with van der Waals surface area (Å²) in [7, 11) is 0. The highest BCUT2D eigenvalue weighted by Crippen LogP contribution is 2.30. The third-order valence-electron chi connectivity index (χ3n) is 3.08. The van der Waals surface area contributed by atoms with E-state index in [1.165, 1.54) is 18.2 Å². The topological polar surface area (TPSA) is 70.1 Å². The first-order valence-corrected chi connectivity index (χ1v) is 7.14. The van der Waals surface area contributed by atoms with Crippen LogP contribution in [0.3, 0.4) is 0 Å². The largest absolute Gasteiger partial charge is 0.433 e. The fraction of sp³-hybridized carbons (Fsp3) is 0.333. The fourth-order valence-electron chi connectivity index (χ4n) is 1.83. The fourth-order valence-corrected chi connectivity index (χ4v) is 1.83. The highest BCUT2D eigenvalue weighted by molar-refractivity contribution is 5.58. The van der Waals surface area contributed by atoms with E-state index in [0.717, 1.165) is 6.07 Å². The number of nitrogens with one attached hydrogen (secondary N) is 2. The van der Waals surface area contributed by atoms with Crippen molar-refractivity contribution in [1.29, 1.82) is 0 Å². The summed E-state index contributed by atoms with van der Waals surface area (Å²) < 4.78 is 52.4. The molecule has 0 saturated carbocycles. The molecule has 0 saturated heterocycles. The first-order valence-electron chi connectivity index (χ1n) is 7.14. The van der Waals surface area contributed by atoms with Crippen molar-refractivity contribution < 1.29 is 22.7 Å². The maximum atomic E-state index is 13.5. The van der Waals surface area contributed by atoms with E-state index in [1.807, 2.05) is 0 Å². The average Bonchev–Trinajstić information content (AvgIpc) is 2.50. The van der Waals surface area contributed by atoms with E-state index >= 15 is 0 Å². The lowest BCUT2D eigenvalue weighted by molar-refractivity contribution is -0.141. The van der Waals surface area contributed by atoms with E-state index < -0.39 is 17.7 Å². The highest BCUT2D eigenvalue weighted by Gasteiger charge is 2.33. The zero-order valence-electron chi connectivity index (χ0n) is 12.8. The number of anilines is 3. The van der Waals surface area contributed by atoms with E-state index in [-0.39, 0.29) is 30.6 Å². The van der Waals surface area contributed by atoms with E-state index in [9.17, 15) is 17.6 Å². The van der Waals surface area contributed by atoms with Crippen molar-refractivity contribution >= 4 is 17.5 Å². The Morgan fingerprint density at radius 3 is 2.54 bits per heavy atom. The molecule has 3 N–H and O–H groups in total. The lowest BCUT2D eigenvalue weighted by Gasteiger charge is -2.13. The van der Waals surface area contributed by atoms with Gasteiger partial charge < -0.3 is 15.7 Å². The number of hydrogen-bond donors (Lipinski definition) is 3. The van der Waals surface area contributed by atoms with Crippen LogP contribution in [0.15, 0.2) is 24.3 Å². The van der Waals surface area contributed by atoms with Crippen molar-refractivity contribution in [2.24, 2.45) is 0 Å². The number of aliphatic hydroxyl groups is 1. The Labute approximate surface area is 135 Å². The molecule has 0 bridgehead atoms. The lowest BCUT2D eigenvalue weighted by atomic mass is 10.2. The van der Waals surface area contributed by atoms with Crippen molar-refractivity contribution in [3.63, 3.8) is 0 Å².